The maximum atomic E-state index is 12.5. The molecule has 6 heteroatoms. The Kier molecular flexibility index (Phi) is 5.26. The summed E-state index contributed by atoms with van der Waals surface area (Å²) in [6.07, 6.45) is 2.00. The summed E-state index contributed by atoms with van der Waals surface area (Å²) in [6.45, 7) is 3.73. The molecule has 0 bridgehead atoms. The fourth-order valence-electron chi connectivity index (χ4n) is 2.84. The van der Waals surface area contributed by atoms with E-state index in [1.165, 1.54) is 12.1 Å². The van der Waals surface area contributed by atoms with Crippen molar-refractivity contribution in [2.24, 2.45) is 0 Å². The number of benzene rings is 2. The van der Waals surface area contributed by atoms with Crippen LogP contribution in [0, 0.1) is 13.8 Å². The average molecular weight is 366 g/mol. The summed E-state index contributed by atoms with van der Waals surface area (Å²) in [5.74, 6) is -1.79. The molecule has 2 amide bonds. The van der Waals surface area contributed by atoms with Crippen LogP contribution in [0.5, 0.6) is 0 Å². The first-order valence-electron chi connectivity index (χ1n) is 8.87. The number of aryl methyl sites for hydroxylation is 1. The number of carbonyl (C=O) groups is 3. The number of rotatable bonds is 6. The number of carbonyl (C=O) groups excluding carboxylic acids is 2. The first-order chi connectivity index (χ1) is 12.9. The molecule has 3 N–H and O–H groups in total. The highest BCUT2D eigenvalue weighted by molar-refractivity contribution is 5.99. The van der Waals surface area contributed by atoms with Gasteiger partial charge in [-0.25, -0.2) is 4.79 Å². The second kappa shape index (κ2) is 7.61. The van der Waals surface area contributed by atoms with Crippen molar-refractivity contribution in [1.82, 2.24) is 10.6 Å². The fraction of sp³-hybridized carbons (Fsp3) is 0.286. The van der Waals surface area contributed by atoms with Gasteiger partial charge in [-0.3, -0.25) is 9.59 Å². The second-order valence-corrected chi connectivity index (χ2v) is 6.86. The normalized spacial score (nSPS) is 14.3. The van der Waals surface area contributed by atoms with Gasteiger partial charge >= 0.3 is 5.97 Å². The van der Waals surface area contributed by atoms with Crippen LogP contribution in [0.4, 0.5) is 0 Å². The molecule has 1 aliphatic carbocycles. The number of carboxylic acid groups (broad SMARTS) is 1. The molecule has 2 aromatic rings. The molecule has 140 valence electrons. The topological polar surface area (TPSA) is 95.5 Å². The molecule has 0 saturated heterocycles. The van der Waals surface area contributed by atoms with Crippen LogP contribution in [0.15, 0.2) is 42.5 Å². The van der Waals surface area contributed by atoms with E-state index in [9.17, 15) is 19.5 Å². The van der Waals surface area contributed by atoms with Crippen molar-refractivity contribution in [2.45, 2.75) is 38.8 Å². The third-order valence-electron chi connectivity index (χ3n) is 4.80. The summed E-state index contributed by atoms with van der Waals surface area (Å²) in [5, 5.41) is 15.0. The molecular formula is C21H22N2O4. The highest BCUT2D eigenvalue weighted by Gasteiger charge is 2.26. The number of amides is 2. The van der Waals surface area contributed by atoms with Gasteiger partial charge in [0.1, 0.15) is 0 Å². The first kappa shape index (κ1) is 18.6. The lowest BCUT2D eigenvalue weighted by atomic mass is 9.97. The minimum absolute atomic E-state index is 0.164. The molecular weight excluding hydrogens is 344 g/mol. The Morgan fingerprint density at radius 3 is 2.11 bits per heavy atom. The van der Waals surface area contributed by atoms with Crippen LogP contribution >= 0.6 is 0 Å². The summed E-state index contributed by atoms with van der Waals surface area (Å²) in [7, 11) is 0. The van der Waals surface area contributed by atoms with E-state index >= 15 is 0 Å². The monoisotopic (exact) mass is 366 g/mol. The van der Waals surface area contributed by atoms with E-state index in [-0.39, 0.29) is 11.9 Å². The van der Waals surface area contributed by atoms with Crippen LogP contribution < -0.4 is 10.6 Å². The van der Waals surface area contributed by atoms with Gasteiger partial charge in [-0.1, -0.05) is 18.2 Å². The summed E-state index contributed by atoms with van der Waals surface area (Å²) >= 11 is 0. The van der Waals surface area contributed by atoms with Gasteiger partial charge < -0.3 is 15.7 Å². The third kappa shape index (κ3) is 4.34. The second-order valence-electron chi connectivity index (χ2n) is 6.86. The molecule has 6 nitrogen and oxygen atoms in total. The maximum Gasteiger partial charge on any atom is 0.330 e. The van der Waals surface area contributed by atoms with E-state index in [0.717, 1.165) is 24.0 Å². The minimum Gasteiger partial charge on any atom is -0.479 e. The van der Waals surface area contributed by atoms with E-state index in [1.807, 2.05) is 19.9 Å². The highest BCUT2D eigenvalue weighted by Crippen LogP contribution is 2.22. The van der Waals surface area contributed by atoms with Crippen molar-refractivity contribution in [1.29, 1.82) is 0 Å². The lowest BCUT2D eigenvalue weighted by Crippen LogP contribution is -2.34. The molecule has 3 rings (SSSR count). The lowest BCUT2D eigenvalue weighted by molar-refractivity contribution is -0.139. The molecule has 0 radical (unpaired) electrons. The molecule has 27 heavy (non-hydrogen) atoms. The minimum atomic E-state index is -1.14. The predicted molar refractivity (Wildman–Crippen MR) is 101 cm³/mol. The number of nitrogens with one attached hydrogen (secondary N) is 2. The zero-order valence-corrected chi connectivity index (χ0v) is 15.3. The molecule has 1 aliphatic rings. The zero-order valence-electron chi connectivity index (χ0n) is 15.3. The van der Waals surface area contributed by atoms with Gasteiger partial charge in [0.25, 0.3) is 11.8 Å². The standard InChI is InChI=1S/C21H22N2O4/c1-12-4-3-5-17(13(12)2)18(21(26)27)23-20(25)15-8-6-14(7-9-15)19(24)22-16-10-11-16/h3-9,16,18H,10-11H2,1-2H3,(H,22,24)(H,23,25)(H,26,27). The van der Waals surface area contributed by atoms with Crippen LogP contribution in [-0.4, -0.2) is 28.9 Å². The molecule has 0 aromatic heterocycles. The number of aliphatic carboxylic acids is 1. The molecule has 1 fully saturated rings. The molecule has 0 spiro atoms. The van der Waals surface area contributed by atoms with E-state index in [1.54, 1.807) is 24.3 Å². The zero-order chi connectivity index (χ0) is 19.6. The first-order valence-corrected chi connectivity index (χ1v) is 8.87. The van der Waals surface area contributed by atoms with E-state index in [4.69, 9.17) is 0 Å². The van der Waals surface area contributed by atoms with E-state index < -0.39 is 17.9 Å². The molecule has 1 saturated carbocycles. The fourth-order valence-corrected chi connectivity index (χ4v) is 2.84. The summed E-state index contributed by atoms with van der Waals surface area (Å²) in [5.41, 5.74) is 3.12. The van der Waals surface area contributed by atoms with Crippen LogP contribution in [-0.2, 0) is 4.79 Å². The van der Waals surface area contributed by atoms with Crippen LogP contribution in [0.3, 0.4) is 0 Å². The predicted octanol–water partition coefficient (Wildman–Crippen LogP) is 2.75. The van der Waals surface area contributed by atoms with Gasteiger partial charge in [-0.05, 0) is 67.6 Å². The van der Waals surface area contributed by atoms with Crippen molar-refractivity contribution < 1.29 is 19.5 Å². The van der Waals surface area contributed by atoms with Gasteiger partial charge in [-0.15, -0.1) is 0 Å². The van der Waals surface area contributed by atoms with Gasteiger partial charge in [0.05, 0.1) is 0 Å². The molecule has 1 unspecified atom stereocenters. The smallest absolute Gasteiger partial charge is 0.330 e. The van der Waals surface area contributed by atoms with E-state index in [2.05, 4.69) is 10.6 Å². The Hall–Kier alpha value is -3.15. The third-order valence-corrected chi connectivity index (χ3v) is 4.80. The van der Waals surface area contributed by atoms with Crippen molar-refractivity contribution >= 4 is 17.8 Å². The SMILES string of the molecule is Cc1cccc(C(NC(=O)c2ccc(C(=O)NC3CC3)cc2)C(=O)O)c1C. The summed E-state index contributed by atoms with van der Waals surface area (Å²) < 4.78 is 0. The Bertz CT molecular complexity index is 886. The molecule has 2 aromatic carbocycles. The molecule has 1 atom stereocenters. The van der Waals surface area contributed by atoms with Crippen molar-refractivity contribution in [2.75, 3.05) is 0 Å². The van der Waals surface area contributed by atoms with Crippen molar-refractivity contribution in [3.63, 3.8) is 0 Å². The Morgan fingerprint density at radius 1 is 0.963 bits per heavy atom. The number of hydrogen-bond donors (Lipinski definition) is 3. The summed E-state index contributed by atoms with van der Waals surface area (Å²) in [6, 6.07) is 10.7. The highest BCUT2D eigenvalue weighted by atomic mass is 16.4. The quantitative estimate of drug-likeness (QED) is 0.732. The summed E-state index contributed by atoms with van der Waals surface area (Å²) in [4.78, 5) is 36.2. The van der Waals surface area contributed by atoms with Crippen molar-refractivity contribution in [3.05, 3.63) is 70.3 Å². The van der Waals surface area contributed by atoms with Crippen LogP contribution in [0.1, 0.15) is 56.3 Å². The van der Waals surface area contributed by atoms with E-state index in [0.29, 0.717) is 16.7 Å². The largest absolute Gasteiger partial charge is 0.479 e. The Labute approximate surface area is 157 Å². The van der Waals surface area contributed by atoms with Crippen LogP contribution in [0.25, 0.3) is 0 Å². The Balaban J connectivity index is 1.74. The van der Waals surface area contributed by atoms with Gasteiger partial charge in [-0.2, -0.15) is 0 Å². The van der Waals surface area contributed by atoms with Gasteiger partial charge in [0.2, 0.25) is 0 Å². The van der Waals surface area contributed by atoms with Gasteiger partial charge in [0, 0.05) is 17.2 Å². The number of hydrogen-bond acceptors (Lipinski definition) is 3. The molecule has 0 heterocycles. The van der Waals surface area contributed by atoms with Crippen LogP contribution in [0.2, 0.25) is 0 Å². The van der Waals surface area contributed by atoms with Crippen molar-refractivity contribution in [3.8, 4) is 0 Å². The van der Waals surface area contributed by atoms with Gasteiger partial charge in [0.15, 0.2) is 6.04 Å². The molecule has 0 aliphatic heterocycles. The number of carboxylic acids is 1. The Morgan fingerprint density at radius 2 is 1.56 bits per heavy atom. The average Bonchev–Trinajstić information content (AvgIpc) is 3.46. The lowest BCUT2D eigenvalue weighted by Gasteiger charge is -2.18. The maximum absolute atomic E-state index is 12.5.